The molecule has 0 radical (unpaired) electrons. The SMILES string of the molecule is COc1ncc(-c2ccc3c(c2)c(C(C)=O)nn3CC(=O)N2[C@H](C(=O)Nc3cncc(Br)n3)C[C@@]3(C)C[C@@H]23)cn1. The van der Waals surface area contributed by atoms with Crippen LogP contribution in [-0.4, -0.2) is 71.4 Å². The molecule has 1 aliphatic carbocycles. The van der Waals surface area contributed by atoms with Gasteiger partial charge in [-0.15, -0.1) is 0 Å². The van der Waals surface area contributed by atoms with Crippen LogP contribution in [0.1, 0.15) is 37.2 Å². The van der Waals surface area contributed by atoms with E-state index in [0.29, 0.717) is 27.7 Å². The zero-order chi connectivity index (χ0) is 28.2. The first-order valence-corrected chi connectivity index (χ1v) is 13.4. The Morgan fingerprint density at radius 2 is 1.90 bits per heavy atom. The summed E-state index contributed by atoms with van der Waals surface area (Å²) in [5.41, 5.74) is 2.34. The van der Waals surface area contributed by atoms with E-state index in [4.69, 9.17) is 4.74 Å². The van der Waals surface area contributed by atoms with E-state index in [1.54, 1.807) is 17.3 Å². The number of hydrogen-bond donors (Lipinski definition) is 1. The predicted molar refractivity (Wildman–Crippen MR) is 147 cm³/mol. The molecule has 3 aromatic heterocycles. The number of hydrogen-bond acceptors (Lipinski definition) is 9. The number of nitrogens with one attached hydrogen (secondary N) is 1. The third kappa shape index (κ3) is 4.59. The van der Waals surface area contributed by atoms with Gasteiger partial charge in [0.15, 0.2) is 11.6 Å². The fourth-order valence-corrected chi connectivity index (χ4v) is 5.80. The molecule has 3 atom stereocenters. The van der Waals surface area contributed by atoms with Crippen LogP contribution in [0.25, 0.3) is 22.0 Å². The van der Waals surface area contributed by atoms with Crippen molar-refractivity contribution in [3.63, 3.8) is 0 Å². The standard InChI is InChI=1S/C27H25BrN8O4/c1-14(37)24-17-6-15(16-9-30-26(40-3)31-10-16)4-5-18(17)35(34-24)13-23(38)36-19(7-27(2)8-20(27)36)25(39)33-22-12-29-11-21(28)32-22/h4-6,9-12,19-20H,7-8,13H2,1-3H3,(H,32,33,39)/t19-,20+,27-/m0/s1. The Bertz CT molecular complexity index is 1670. The van der Waals surface area contributed by atoms with E-state index in [9.17, 15) is 14.4 Å². The Kier molecular flexibility index (Phi) is 6.32. The molecule has 0 bridgehead atoms. The summed E-state index contributed by atoms with van der Waals surface area (Å²) in [6.07, 6.45) is 7.65. The van der Waals surface area contributed by atoms with Crippen LogP contribution in [0.5, 0.6) is 6.01 Å². The van der Waals surface area contributed by atoms with E-state index in [1.807, 2.05) is 18.2 Å². The highest BCUT2D eigenvalue weighted by Gasteiger charge is 2.64. The molecule has 1 aliphatic heterocycles. The number of carbonyl (C=O) groups is 3. The average molecular weight is 605 g/mol. The Morgan fingerprint density at radius 3 is 2.60 bits per heavy atom. The minimum Gasteiger partial charge on any atom is -0.467 e. The van der Waals surface area contributed by atoms with Crippen LogP contribution >= 0.6 is 15.9 Å². The normalized spacial score (nSPS) is 21.2. The lowest BCUT2D eigenvalue weighted by Crippen LogP contribution is -2.46. The molecule has 204 valence electrons. The largest absolute Gasteiger partial charge is 0.467 e. The number of methoxy groups -OCH3 is 1. The predicted octanol–water partition coefficient (Wildman–Crippen LogP) is 3.28. The smallest absolute Gasteiger partial charge is 0.316 e. The molecule has 4 heterocycles. The number of likely N-dealkylation sites (tertiary alicyclic amines) is 1. The van der Waals surface area contributed by atoms with Crippen molar-refractivity contribution in [2.24, 2.45) is 5.41 Å². The number of Topliss-reactive ketones (excluding diaryl/α,β-unsaturated/α-hetero) is 1. The molecule has 1 saturated heterocycles. The first kappa shape index (κ1) is 26.0. The molecule has 0 spiro atoms. The molecule has 13 heteroatoms. The summed E-state index contributed by atoms with van der Waals surface area (Å²) in [5.74, 6) is -0.462. The average Bonchev–Trinajstić information content (AvgIpc) is 3.30. The van der Waals surface area contributed by atoms with Gasteiger partial charge in [0.05, 0.1) is 25.0 Å². The first-order chi connectivity index (χ1) is 19.2. The second kappa shape index (κ2) is 9.73. The van der Waals surface area contributed by atoms with Crippen LogP contribution in [0.3, 0.4) is 0 Å². The first-order valence-electron chi connectivity index (χ1n) is 12.6. The number of halogens is 1. The molecule has 2 fully saturated rings. The van der Waals surface area contributed by atoms with Crippen LogP contribution in [0.4, 0.5) is 5.82 Å². The summed E-state index contributed by atoms with van der Waals surface area (Å²) in [6.45, 7) is 3.42. The van der Waals surface area contributed by atoms with Crippen molar-refractivity contribution in [3.05, 3.63) is 53.3 Å². The quantitative estimate of drug-likeness (QED) is 0.314. The fourth-order valence-electron chi connectivity index (χ4n) is 5.49. The molecular formula is C27H25BrN8O4. The second-order valence-electron chi connectivity index (χ2n) is 10.4. The topological polar surface area (TPSA) is 145 Å². The molecule has 1 saturated carbocycles. The molecule has 0 unspecified atom stereocenters. The molecular weight excluding hydrogens is 580 g/mol. The number of rotatable bonds is 7. The lowest BCUT2D eigenvalue weighted by atomic mass is 10.0. The van der Waals surface area contributed by atoms with Gasteiger partial charge in [0.1, 0.15) is 22.9 Å². The minimum atomic E-state index is -0.646. The summed E-state index contributed by atoms with van der Waals surface area (Å²) >= 11 is 3.25. The number of nitrogens with zero attached hydrogens (tertiary/aromatic N) is 7. The van der Waals surface area contributed by atoms with Crippen LogP contribution in [0, 0.1) is 5.41 Å². The third-order valence-electron chi connectivity index (χ3n) is 7.60. The summed E-state index contributed by atoms with van der Waals surface area (Å²) in [5, 5.41) is 7.92. The Balaban J connectivity index is 1.28. The Morgan fingerprint density at radius 1 is 1.12 bits per heavy atom. The van der Waals surface area contributed by atoms with Gasteiger partial charge in [-0.1, -0.05) is 13.0 Å². The van der Waals surface area contributed by atoms with Gasteiger partial charge < -0.3 is 15.0 Å². The van der Waals surface area contributed by atoms with Crippen molar-refractivity contribution in [1.29, 1.82) is 0 Å². The fraction of sp³-hybridized carbons (Fsp3) is 0.333. The molecule has 12 nitrogen and oxygen atoms in total. The molecule has 40 heavy (non-hydrogen) atoms. The van der Waals surface area contributed by atoms with Gasteiger partial charge in [-0.05, 0) is 51.9 Å². The Hall–Kier alpha value is -4.26. The number of benzene rings is 1. The molecule has 2 amide bonds. The van der Waals surface area contributed by atoms with E-state index < -0.39 is 6.04 Å². The van der Waals surface area contributed by atoms with Crippen LogP contribution < -0.4 is 10.1 Å². The van der Waals surface area contributed by atoms with E-state index in [2.05, 4.69) is 53.2 Å². The summed E-state index contributed by atoms with van der Waals surface area (Å²) in [6, 6.07) is 5.11. The van der Waals surface area contributed by atoms with Crippen LogP contribution in [0.2, 0.25) is 0 Å². The van der Waals surface area contributed by atoms with Crippen molar-refractivity contribution in [2.75, 3.05) is 12.4 Å². The van der Waals surface area contributed by atoms with E-state index in [1.165, 1.54) is 31.1 Å². The number of aromatic nitrogens is 6. The number of anilines is 1. The Labute approximate surface area is 237 Å². The summed E-state index contributed by atoms with van der Waals surface area (Å²) < 4.78 is 7.06. The van der Waals surface area contributed by atoms with E-state index in [-0.39, 0.29) is 47.3 Å². The van der Waals surface area contributed by atoms with Gasteiger partial charge in [0.25, 0.3) is 0 Å². The molecule has 6 rings (SSSR count). The number of piperidine rings is 1. The van der Waals surface area contributed by atoms with Gasteiger partial charge in [0.2, 0.25) is 11.8 Å². The van der Waals surface area contributed by atoms with Crippen molar-refractivity contribution in [2.45, 2.75) is 45.3 Å². The van der Waals surface area contributed by atoms with Gasteiger partial charge in [-0.25, -0.2) is 15.0 Å². The van der Waals surface area contributed by atoms with Crippen molar-refractivity contribution >= 4 is 50.2 Å². The third-order valence-corrected chi connectivity index (χ3v) is 7.98. The van der Waals surface area contributed by atoms with Gasteiger partial charge in [0, 0.05) is 36.3 Å². The molecule has 4 aromatic rings. The highest BCUT2D eigenvalue weighted by Crippen LogP contribution is 2.59. The molecule has 1 aromatic carbocycles. The van der Waals surface area contributed by atoms with Crippen molar-refractivity contribution in [1.82, 2.24) is 34.6 Å². The highest BCUT2D eigenvalue weighted by atomic mass is 79.9. The lowest BCUT2D eigenvalue weighted by Gasteiger charge is -2.26. The van der Waals surface area contributed by atoms with Gasteiger partial charge in [-0.2, -0.15) is 5.10 Å². The van der Waals surface area contributed by atoms with Crippen molar-refractivity contribution < 1.29 is 19.1 Å². The summed E-state index contributed by atoms with van der Waals surface area (Å²) in [7, 11) is 1.49. The minimum absolute atomic E-state index is 0.0277. The monoisotopic (exact) mass is 604 g/mol. The zero-order valence-corrected chi connectivity index (χ0v) is 23.5. The highest BCUT2D eigenvalue weighted by molar-refractivity contribution is 9.10. The number of carbonyl (C=O) groups excluding carboxylic acids is 3. The van der Waals surface area contributed by atoms with Crippen LogP contribution in [-0.2, 0) is 16.1 Å². The van der Waals surface area contributed by atoms with Crippen molar-refractivity contribution in [3.8, 4) is 17.1 Å². The van der Waals surface area contributed by atoms with Gasteiger partial charge in [-0.3, -0.25) is 24.0 Å². The zero-order valence-electron chi connectivity index (χ0n) is 22.0. The second-order valence-corrected chi connectivity index (χ2v) is 11.2. The van der Waals surface area contributed by atoms with E-state index in [0.717, 1.165) is 17.5 Å². The van der Waals surface area contributed by atoms with Gasteiger partial charge >= 0.3 is 6.01 Å². The van der Waals surface area contributed by atoms with Crippen LogP contribution in [0.15, 0.2) is 47.6 Å². The molecule has 2 aliphatic rings. The number of ether oxygens (including phenoxy) is 1. The summed E-state index contributed by atoms with van der Waals surface area (Å²) in [4.78, 5) is 57.7. The number of fused-ring (bicyclic) bond motifs is 2. The lowest BCUT2D eigenvalue weighted by molar-refractivity contribution is -0.138. The van der Waals surface area contributed by atoms with E-state index >= 15 is 0 Å². The number of ketones is 1. The number of amides is 2. The maximum Gasteiger partial charge on any atom is 0.316 e. The molecule has 1 N–H and O–H groups in total. The maximum absolute atomic E-state index is 13.7. The maximum atomic E-state index is 13.7.